The highest BCUT2D eigenvalue weighted by Gasteiger charge is 2.15. The summed E-state index contributed by atoms with van der Waals surface area (Å²) in [6.45, 7) is 1.85. The summed E-state index contributed by atoms with van der Waals surface area (Å²) >= 11 is 0. The lowest BCUT2D eigenvalue weighted by Crippen LogP contribution is -2.31. The van der Waals surface area contributed by atoms with Crippen LogP contribution in [-0.2, 0) is 6.42 Å². The summed E-state index contributed by atoms with van der Waals surface area (Å²) < 4.78 is 0. The summed E-state index contributed by atoms with van der Waals surface area (Å²) in [7, 11) is 0. The largest absolute Gasteiger partial charge is 0.394 e. The van der Waals surface area contributed by atoms with Crippen molar-refractivity contribution in [2.45, 2.75) is 19.4 Å². The molecule has 21 heavy (non-hydrogen) atoms. The van der Waals surface area contributed by atoms with Crippen LogP contribution in [-0.4, -0.2) is 22.6 Å². The van der Waals surface area contributed by atoms with E-state index >= 15 is 0 Å². The number of aliphatic hydroxyl groups is 1. The van der Waals surface area contributed by atoms with Gasteiger partial charge in [-0.15, -0.1) is 0 Å². The number of H-pyrrole nitrogens is 1. The standard InChI is InChI=1S/C16H18N2O3/c1-2-11-3-5-12(6-4-11)15(10-19)18-16(21)14-9-13(20)7-8-17-14/h3-9,15,19H,2,10H2,1H3,(H,17,20)(H,18,21). The second-order valence-electron chi connectivity index (χ2n) is 4.74. The number of carbonyl (C=O) groups is 1. The first-order chi connectivity index (χ1) is 10.1. The molecule has 0 spiro atoms. The quantitative estimate of drug-likeness (QED) is 0.777. The van der Waals surface area contributed by atoms with E-state index in [0.29, 0.717) is 0 Å². The maximum absolute atomic E-state index is 12.1. The number of rotatable bonds is 5. The molecule has 1 heterocycles. The van der Waals surface area contributed by atoms with Crippen LogP contribution in [0.25, 0.3) is 0 Å². The average molecular weight is 286 g/mol. The van der Waals surface area contributed by atoms with Crippen LogP contribution in [0.2, 0.25) is 0 Å². The van der Waals surface area contributed by atoms with Crippen LogP contribution < -0.4 is 10.7 Å². The molecule has 3 N–H and O–H groups in total. The van der Waals surface area contributed by atoms with Crippen LogP contribution in [0, 0.1) is 0 Å². The van der Waals surface area contributed by atoms with E-state index < -0.39 is 11.9 Å². The summed E-state index contributed by atoms with van der Waals surface area (Å²) in [5.41, 5.74) is 1.94. The molecule has 5 heteroatoms. The van der Waals surface area contributed by atoms with Gasteiger partial charge < -0.3 is 15.4 Å². The Bertz CT molecular complexity index is 662. The number of hydrogen-bond acceptors (Lipinski definition) is 3. The molecule has 0 fully saturated rings. The van der Waals surface area contributed by atoms with Crippen LogP contribution in [0.4, 0.5) is 0 Å². The molecule has 2 aromatic rings. The summed E-state index contributed by atoms with van der Waals surface area (Å²) in [6, 6.07) is 9.75. The number of carbonyl (C=O) groups excluding carboxylic acids is 1. The average Bonchev–Trinajstić information content (AvgIpc) is 2.52. The molecule has 1 aromatic carbocycles. The lowest BCUT2D eigenvalue weighted by Gasteiger charge is -2.17. The second-order valence-corrected chi connectivity index (χ2v) is 4.74. The fourth-order valence-corrected chi connectivity index (χ4v) is 2.03. The van der Waals surface area contributed by atoms with Gasteiger partial charge >= 0.3 is 0 Å². The molecule has 1 atom stereocenters. The lowest BCUT2D eigenvalue weighted by atomic mass is 10.0. The second kappa shape index (κ2) is 6.85. The molecule has 2 rings (SSSR count). The summed E-state index contributed by atoms with van der Waals surface area (Å²) in [4.78, 5) is 26.0. The maximum Gasteiger partial charge on any atom is 0.268 e. The highest BCUT2D eigenvalue weighted by molar-refractivity contribution is 5.92. The van der Waals surface area contributed by atoms with E-state index in [2.05, 4.69) is 17.2 Å². The topological polar surface area (TPSA) is 82.2 Å². The number of aromatic nitrogens is 1. The molecule has 1 amide bonds. The van der Waals surface area contributed by atoms with E-state index in [1.807, 2.05) is 24.3 Å². The number of hydrogen-bond donors (Lipinski definition) is 3. The summed E-state index contributed by atoms with van der Waals surface area (Å²) in [6.07, 6.45) is 2.35. The maximum atomic E-state index is 12.1. The van der Waals surface area contributed by atoms with E-state index in [-0.39, 0.29) is 17.7 Å². The lowest BCUT2D eigenvalue weighted by molar-refractivity contribution is 0.0911. The van der Waals surface area contributed by atoms with Crippen LogP contribution in [0.15, 0.2) is 47.4 Å². The number of amides is 1. The Morgan fingerprint density at radius 1 is 1.29 bits per heavy atom. The predicted octanol–water partition coefficient (Wildman–Crippen LogP) is 1.40. The fourth-order valence-electron chi connectivity index (χ4n) is 2.03. The zero-order valence-electron chi connectivity index (χ0n) is 11.8. The molecule has 0 bridgehead atoms. The molecule has 0 saturated heterocycles. The van der Waals surface area contributed by atoms with Crippen molar-refractivity contribution in [1.29, 1.82) is 0 Å². The Balaban J connectivity index is 2.14. The van der Waals surface area contributed by atoms with E-state index in [4.69, 9.17) is 0 Å². The molecule has 0 radical (unpaired) electrons. The molecule has 0 aliphatic heterocycles. The first-order valence-corrected chi connectivity index (χ1v) is 6.83. The molecular weight excluding hydrogens is 268 g/mol. The van der Waals surface area contributed by atoms with Gasteiger partial charge in [-0.1, -0.05) is 31.2 Å². The normalized spacial score (nSPS) is 11.9. The Morgan fingerprint density at radius 3 is 2.57 bits per heavy atom. The van der Waals surface area contributed by atoms with Crippen LogP contribution in [0.5, 0.6) is 0 Å². The number of aromatic amines is 1. The third-order valence-corrected chi connectivity index (χ3v) is 3.30. The van der Waals surface area contributed by atoms with Gasteiger partial charge in [0.2, 0.25) is 0 Å². The van der Waals surface area contributed by atoms with Gasteiger partial charge in [0, 0.05) is 18.3 Å². The van der Waals surface area contributed by atoms with Crippen molar-refractivity contribution >= 4 is 5.91 Å². The van der Waals surface area contributed by atoms with Crippen molar-refractivity contribution < 1.29 is 9.90 Å². The number of aliphatic hydroxyl groups excluding tert-OH is 1. The third kappa shape index (κ3) is 3.79. The minimum absolute atomic E-state index is 0.172. The number of nitrogens with one attached hydrogen (secondary N) is 2. The van der Waals surface area contributed by atoms with Gasteiger partial charge in [-0.3, -0.25) is 9.59 Å². The van der Waals surface area contributed by atoms with E-state index in [1.165, 1.54) is 23.9 Å². The van der Waals surface area contributed by atoms with Gasteiger partial charge in [-0.05, 0) is 17.5 Å². The van der Waals surface area contributed by atoms with Crippen LogP contribution in [0.3, 0.4) is 0 Å². The molecule has 0 aliphatic rings. The fraction of sp³-hybridized carbons (Fsp3) is 0.250. The Morgan fingerprint density at radius 2 is 2.00 bits per heavy atom. The first-order valence-electron chi connectivity index (χ1n) is 6.83. The highest BCUT2D eigenvalue weighted by atomic mass is 16.3. The van der Waals surface area contributed by atoms with Crippen LogP contribution >= 0.6 is 0 Å². The molecular formula is C16H18N2O3. The molecule has 110 valence electrons. The molecule has 0 aliphatic carbocycles. The van der Waals surface area contributed by atoms with Crippen LogP contribution in [0.1, 0.15) is 34.6 Å². The van der Waals surface area contributed by atoms with Crippen molar-refractivity contribution in [3.8, 4) is 0 Å². The van der Waals surface area contributed by atoms with Crippen molar-refractivity contribution in [2.75, 3.05) is 6.61 Å². The van der Waals surface area contributed by atoms with Crippen molar-refractivity contribution in [3.05, 3.63) is 69.6 Å². The third-order valence-electron chi connectivity index (χ3n) is 3.30. The van der Waals surface area contributed by atoms with E-state index in [0.717, 1.165) is 12.0 Å². The molecule has 1 unspecified atom stereocenters. The van der Waals surface area contributed by atoms with Gasteiger partial charge in [0.1, 0.15) is 5.69 Å². The smallest absolute Gasteiger partial charge is 0.268 e. The Hall–Kier alpha value is -2.40. The van der Waals surface area contributed by atoms with Crippen molar-refractivity contribution in [2.24, 2.45) is 0 Å². The highest BCUT2D eigenvalue weighted by Crippen LogP contribution is 2.14. The Kier molecular flexibility index (Phi) is 4.90. The van der Waals surface area contributed by atoms with Crippen molar-refractivity contribution in [3.63, 3.8) is 0 Å². The number of benzene rings is 1. The van der Waals surface area contributed by atoms with E-state index in [9.17, 15) is 14.7 Å². The predicted molar refractivity (Wildman–Crippen MR) is 80.2 cm³/mol. The van der Waals surface area contributed by atoms with Gasteiger partial charge in [-0.2, -0.15) is 0 Å². The van der Waals surface area contributed by atoms with Gasteiger partial charge in [0.05, 0.1) is 12.6 Å². The van der Waals surface area contributed by atoms with E-state index in [1.54, 1.807) is 0 Å². The summed E-state index contributed by atoms with van der Waals surface area (Å²) in [5.74, 6) is -0.425. The zero-order valence-corrected chi connectivity index (χ0v) is 11.8. The van der Waals surface area contributed by atoms with Gasteiger partial charge in [0.25, 0.3) is 5.91 Å². The SMILES string of the molecule is CCc1ccc(C(CO)NC(=O)c2cc(=O)cc[nH]2)cc1. The Labute approximate surface area is 122 Å². The molecule has 5 nitrogen and oxygen atoms in total. The number of pyridine rings is 1. The minimum atomic E-state index is -0.507. The minimum Gasteiger partial charge on any atom is -0.394 e. The zero-order chi connectivity index (χ0) is 15.2. The van der Waals surface area contributed by atoms with Crippen molar-refractivity contribution in [1.82, 2.24) is 10.3 Å². The van der Waals surface area contributed by atoms with Gasteiger partial charge in [-0.25, -0.2) is 0 Å². The monoisotopic (exact) mass is 286 g/mol. The molecule has 1 aromatic heterocycles. The van der Waals surface area contributed by atoms with Gasteiger partial charge in [0.15, 0.2) is 5.43 Å². The number of aryl methyl sites for hydroxylation is 1. The summed E-state index contributed by atoms with van der Waals surface area (Å²) in [5, 5.41) is 12.2. The first kappa shape index (κ1) is 15.0. The molecule has 0 saturated carbocycles.